The number of hydrogen-bond donors (Lipinski definition) is 1. The molecular formula is C28H25Cl2NO4. The van der Waals surface area contributed by atoms with Gasteiger partial charge in [0.25, 0.3) is 11.7 Å². The molecule has 0 aromatic heterocycles. The van der Waals surface area contributed by atoms with Gasteiger partial charge in [0.05, 0.1) is 28.3 Å². The molecule has 1 amide bonds. The van der Waals surface area contributed by atoms with Crippen LogP contribution in [0.4, 0.5) is 0 Å². The smallest absolute Gasteiger partial charge is 0.295 e. The Morgan fingerprint density at radius 2 is 1.69 bits per heavy atom. The minimum atomic E-state index is -0.801. The Hall–Kier alpha value is -3.28. The van der Waals surface area contributed by atoms with Gasteiger partial charge in [-0.3, -0.25) is 9.59 Å². The molecule has 7 heteroatoms. The maximum Gasteiger partial charge on any atom is 0.295 e. The summed E-state index contributed by atoms with van der Waals surface area (Å²) in [5.74, 6) is -0.990. The lowest BCUT2D eigenvalue weighted by molar-refractivity contribution is -0.139. The zero-order valence-electron chi connectivity index (χ0n) is 19.2. The fourth-order valence-corrected chi connectivity index (χ4v) is 4.42. The quantitative estimate of drug-likeness (QED) is 0.215. The van der Waals surface area contributed by atoms with Gasteiger partial charge < -0.3 is 14.7 Å². The van der Waals surface area contributed by atoms with Gasteiger partial charge in [0.15, 0.2) is 0 Å². The highest BCUT2D eigenvalue weighted by Crippen LogP contribution is 2.41. The summed E-state index contributed by atoms with van der Waals surface area (Å²) in [5, 5.41) is 11.9. The summed E-state index contributed by atoms with van der Waals surface area (Å²) in [6.07, 6.45) is 1.42. The molecule has 1 heterocycles. The van der Waals surface area contributed by atoms with Crippen molar-refractivity contribution in [1.82, 2.24) is 4.90 Å². The van der Waals surface area contributed by atoms with Crippen molar-refractivity contribution in [2.75, 3.05) is 13.2 Å². The Morgan fingerprint density at radius 3 is 2.34 bits per heavy atom. The first-order valence-corrected chi connectivity index (χ1v) is 12.2. The largest absolute Gasteiger partial charge is 0.507 e. The van der Waals surface area contributed by atoms with Crippen LogP contribution in [0.25, 0.3) is 5.76 Å². The summed E-state index contributed by atoms with van der Waals surface area (Å²) in [4.78, 5) is 27.8. The second-order valence-electron chi connectivity index (χ2n) is 8.27. The van der Waals surface area contributed by atoms with Crippen LogP contribution in [0.2, 0.25) is 10.0 Å². The summed E-state index contributed by atoms with van der Waals surface area (Å²) in [7, 11) is 0. The maximum absolute atomic E-state index is 13.2. The number of nitrogens with zero attached hydrogens (tertiary/aromatic N) is 1. The highest BCUT2D eigenvalue weighted by atomic mass is 35.5. The van der Waals surface area contributed by atoms with Gasteiger partial charge in [-0.15, -0.1) is 0 Å². The van der Waals surface area contributed by atoms with Gasteiger partial charge in [-0.05, 0) is 60.4 Å². The number of carbonyl (C=O) groups excluding carboxylic acids is 2. The number of ketones is 1. The Balaban J connectivity index is 1.75. The van der Waals surface area contributed by atoms with E-state index < -0.39 is 17.7 Å². The predicted molar refractivity (Wildman–Crippen MR) is 138 cm³/mol. The molecule has 0 saturated carbocycles. The summed E-state index contributed by atoms with van der Waals surface area (Å²) < 4.78 is 5.61. The number of Topliss-reactive ketones (excluding diaryl/α,β-unsaturated/α-hetero) is 1. The molecule has 1 aliphatic rings. The number of likely N-dealkylation sites (tertiary alicyclic amines) is 1. The van der Waals surface area contributed by atoms with Crippen molar-refractivity contribution in [2.45, 2.75) is 25.8 Å². The van der Waals surface area contributed by atoms with Crippen LogP contribution >= 0.6 is 23.2 Å². The summed E-state index contributed by atoms with van der Waals surface area (Å²) in [5.41, 5.74) is 2.06. The molecule has 0 spiro atoms. The van der Waals surface area contributed by atoms with E-state index in [2.05, 4.69) is 0 Å². The Kier molecular flexibility index (Phi) is 7.79. The first kappa shape index (κ1) is 24.8. The number of benzene rings is 3. The molecule has 5 nitrogen and oxygen atoms in total. The van der Waals surface area contributed by atoms with Gasteiger partial charge >= 0.3 is 0 Å². The lowest BCUT2D eigenvalue weighted by Crippen LogP contribution is -2.31. The first-order chi connectivity index (χ1) is 16.9. The topological polar surface area (TPSA) is 66.8 Å². The molecule has 3 aromatic rings. The van der Waals surface area contributed by atoms with E-state index in [0.29, 0.717) is 46.5 Å². The molecule has 1 saturated heterocycles. The van der Waals surface area contributed by atoms with Crippen LogP contribution in [0.5, 0.6) is 5.75 Å². The average molecular weight is 510 g/mol. The number of amides is 1. The van der Waals surface area contributed by atoms with Gasteiger partial charge in [-0.1, -0.05) is 66.5 Å². The van der Waals surface area contributed by atoms with Crippen LogP contribution in [0.1, 0.15) is 36.1 Å². The van der Waals surface area contributed by atoms with Crippen molar-refractivity contribution in [2.24, 2.45) is 0 Å². The third kappa shape index (κ3) is 5.37. The summed E-state index contributed by atoms with van der Waals surface area (Å²) >= 11 is 12.4. The molecule has 1 unspecified atom stereocenters. The van der Waals surface area contributed by atoms with Crippen LogP contribution in [0.15, 0.2) is 78.4 Å². The number of halogens is 2. The average Bonchev–Trinajstić information content (AvgIpc) is 3.13. The van der Waals surface area contributed by atoms with E-state index in [9.17, 15) is 14.7 Å². The van der Waals surface area contributed by atoms with E-state index in [1.807, 2.05) is 37.3 Å². The van der Waals surface area contributed by atoms with E-state index in [-0.39, 0.29) is 11.3 Å². The fraction of sp³-hybridized carbons (Fsp3) is 0.214. The number of hydrogen-bond acceptors (Lipinski definition) is 4. The van der Waals surface area contributed by atoms with Crippen molar-refractivity contribution in [3.8, 4) is 5.75 Å². The molecule has 35 heavy (non-hydrogen) atoms. The van der Waals surface area contributed by atoms with Crippen LogP contribution in [0.3, 0.4) is 0 Å². The minimum absolute atomic E-state index is 0.0173. The first-order valence-electron chi connectivity index (χ1n) is 11.4. The molecular weight excluding hydrogens is 485 g/mol. The normalized spacial score (nSPS) is 17.1. The molecule has 1 aliphatic heterocycles. The van der Waals surface area contributed by atoms with E-state index in [1.54, 1.807) is 42.5 Å². The lowest BCUT2D eigenvalue weighted by atomic mass is 9.95. The standard InChI is InChI=1S/C28H25Cl2NO4/c1-2-16-35-21-11-8-19(9-12-21)26(32)24-25(20-10-13-22(29)23(30)17-20)31(28(34)27(24)33)15-14-18-6-4-3-5-7-18/h3-13,17,25,32H,2,14-16H2,1H3/b26-24+. The van der Waals surface area contributed by atoms with E-state index in [4.69, 9.17) is 27.9 Å². The zero-order chi connectivity index (χ0) is 24.9. The molecule has 1 fully saturated rings. The maximum atomic E-state index is 13.2. The Bertz CT molecular complexity index is 1260. The number of aliphatic hydroxyl groups excluding tert-OH is 1. The van der Waals surface area contributed by atoms with Crippen molar-refractivity contribution < 1.29 is 19.4 Å². The molecule has 180 valence electrons. The summed E-state index contributed by atoms with van der Waals surface area (Å²) in [6.45, 7) is 2.88. The van der Waals surface area contributed by atoms with Crippen molar-refractivity contribution in [1.29, 1.82) is 0 Å². The van der Waals surface area contributed by atoms with Gasteiger partial charge in [0.2, 0.25) is 0 Å². The van der Waals surface area contributed by atoms with Gasteiger partial charge in [0, 0.05) is 12.1 Å². The molecule has 0 aliphatic carbocycles. The minimum Gasteiger partial charge on any atom is -0.507 e. The molecule has 0 radical (unpaired) electrons. The SMILES string of the molecule is CCCOc1ccc(/C(O)=C2\C(=O)C(=O)N(CCc3ccccc3)C2c2ccc(Cl)c(Cl)c2)cc1. The third-order valence-corrected chi connectivity index (χ3v) is 6.62. The monoisotopic (exact) mass is 509 g/mol. The van der Waals surface area contributed by atoms with Gasteiger partial charge in [-0.25, -0.2) is 0 Å². The predicted octanol–water partition coefficient (Wildman–Crippen LogP) is 6.45. The second-order valence-corrected chi connectivity index (χ2v) is 9.09. The molecule has 1 N–H and O–H groups in total. The van der Waals surface area contributed by atoms with E-state index in [0.717, 1.165) is 12.0 Å². The van der Waals surface area contributed by atoms with Crippen molar-refractivity contribution in [3.63, 3.8) is 0 Å². The van der Waals surface area contributed by atoms with E-state index in [1.165, 1.54) is 4.90 Å². The van der Waals surface area contributed by atoms with Gasteiger partial charge in [0.1, 0.15) is 11.5 Å². The number of ether oxygens (including phenoxy) is 1. The Labute approximate surface area is 214 Å². The lowest BCUT2D eigenvalue weighted by Gasteiger charge is -2.25. The van der Waals surface area contributed by atoms with E-state index >= 15 is 0 Å². The second kappa shape index (κ2) is 11.0. The van der Waals surface area contributed by atoms with Crippen LogP contribution in [-0.4, -0.2) is 34.8 Å². The summed E-state index contributed by atoms with van der Waals surface area (Å²) in [6, 6.07) is 20.7. The molecule has 4 rings (SSSR count). The molecule has 0 bridgehead atoms. The van der Waals surface area contributed by atoms with Crippen molar-refractivity contribution in [3.05, 3.63) is 105 Å². The van der Waals surface area contributed by atoms with Crippen LogP contribution in [-0.2, 0) is 16.0 Å². The Morgan fingerprint density at radius 1 is 0.971 bits per heavy atom. The van der Waals surface area contributed by atoms with Crippen LogP contribution in [0, 0.1) is 0 Å². The fourth-order valence-electron chi connectivity index (χ4n) is 4.12. The highest BCUT2D eigenvalue weighted by Gasteiger charge is 2.46. The number of aliphatic hydroxyl groups is 1. The highest BCUT2D eigenvalue weighted by molar-refractivity contribution is 6.46. The number of carbonyl (C=O) groups is 2. The third-order valence-electron chi connectivity index (χ3n) is 5.88. The van der Waals surface area contributed by atoms with Crippen LogP contribution < -0.4 is 4.74 Å². The zero-order valence-corrected chi connectivity index (χ0v) is 20.7. The molecule has 3 aromatic carbocycles. The number of rotatable bonds is 8. The van der Waals surface area contributed by atoms with Gasteiger partial charge in [-0.2, -0.15) is 0 Å². The molecule has 1 atom stereocenters. The van der Waals surface area contributed by atoms with Crippen molar-refractivity contribution >= 4 is 40.7 Å².